The van der Waals surface area contributed by atoms with Crippen molar-refractivity contribution in [3.05, 3.63) is 41.5 Å². The summed E-state index contributed by atoms with van der Waals surface area (Å²) in [4.78, 5) is 9.36. The summed E-state index contributed by atoms with van der Waals surface area (Å²) in [6.45, 7) is 5.48. The average Bonchev–Trinajstić information content (AvgIpc) is 2.94. The molecule has 0 radical (unpaired) electrons. The van der Waals surface area contributed by atoms with Crippen LogP contribution < -0.4 is 4.90 Å². The molecule has 1 saturated heterocycles. The third kappa shape index (κ3) is 4.72. The summed E-state index contributed by atoms with van der Waals surface area (Å²) in [5.74, 6) is 0.686. The van der Waals surface area contributed by atoms with Crippen LogP contribution in [0.4, 0.5) is 9.52 Å². The molecule has 1 aliphatic rings. The molecule has 0 N–H and O–H groups in total. The van der Waals surface area contributed by atoms with E-state index in [2.05, 4.69) is 19.2 Å². The largest absolute Gasteiger partial charge is 0.384 e. The van der Waals surface area contributed by atoms with Crippen molar-refractivity contribution in [1.82, 2.24) is 14.3 Å². The van der Waals surface area contributed by atoms with Crippen molar-refractivity contribution >= 4 is 16.7 Å². The molecule has 0 bridgehead atoms. The summed E-state index contributed by atoms with van der Waals surface area (Å²) >= 11 is 1.47. The molecule has 1 aliphatic heterocycles. The zero-order valence-corrected chi connectivity index (χ0v) is 14.8. The van der Waals surface area contributed by atoms with Crippen molar-refractivity contribution in [3.8, 4) is 0 Å². The van der Waals surface area contributed by atoms with Crippen LogP contribution in [-0.4, -0.2) is 54.2 Å². The van der Waals surface area contributed by atoms with Gasteiger partial charge in [0.1, 0.15) is 11.6 Å². The Labute approximate surface area is 146 Å². The third-order valence-electron chi connectivity index (χ3n) is 4.17. The topological polar surface area (TPSA) is 41.5 Å². The van der Waals surface area contributed by atoms with Crippen molar-refractivity contribution in [2.75, 3.05) is 44.8 Å². The quantitative estimate of drug-likeness (QED) is 0.801. The summed E-state index contributed by atoms with van der Waals surface area (Å²) in [6.07, 6.45) is 1.85. The normalized spacial score (nSPS) is 16.3. The lowest BCUT2D eigenvalue weighted by molar-refractivity contribution is 0.201. The van der Waals surface area contributed by atoms with Crippen molar-refractivity contribution in [2.24, 2.45) is 0 Å². The van der Waals surface area contributed by atoms with Crippen molar-refractivity contribution < 1.29 is 9.13 Å². The van der Waals surface area contributed by atoms with Gasteiger partial charge in [-0.2, -0.15) is 4.37 Å². The maximum atomic E-state index is 13.0. The van der Waals surface area contributed by atoms with Crippen LogP contribution in [0, 0.1) is 5.82 Å². The third-order valence-corrected chi connectivity index (χ3v) is 4.98. The second-order valence-corrected chi connectivity index (χ2v) is 6.71. The smallest absolute Gasteiger partial charge is 0.205 e. The van der Waals surface area contributed by atoms with Gasteiger partial charge in [-0.25, -0.2) is 9.37 Å². The summed E-state index contributed by atoms with van der Waals surface area (Å²) in [6, 6.07) is 6.79. The Morgan fingerprint density at radius 1 is 1.17 bits per heavy atom. The summed E-state index contributed by atoms with van der Waals surface area (Å²) < 4.78 is 22.5. The SMILES string of the molecule is COCCc1nsc(N2CCCN(Cc3ccc(F)cc3)CC2)n1. The number of hydrogen-bond acceptors (Lipinski definition) is 6. The Morgan fingerprint density at radius 2 is 2.00 bits per heavy atom. The van der Waals surface area contributed by atoms with Crippen LogP contribution in [-0.2, 0) is 17.7 Å². The highest BCUT2D eigenvalue weighted by molar-refractivity contribution is 7.09. The molecule has 3 rings (SSSR count). The van der Waals surface area contributed by atoms with Crippen LogP contribution in [0.1, 0.15) is 17.8 Å². The molecule has 5 nitrogen and oxygen atoms in total. The van der Waals surface area contributed by atoms with Gasteiger partial charge in [-0.3, -0.25) is 4.90 Å². The molecule has 0 aliphatic carbocycles. The Balaban J connectivity index is 1.54. The van der Waals surface area contributed by atoms with E-state index in [4.69, 9.17) is 4.74 Å². The fourth-order valence-corrected chi connectivity index (χ4v) is 3.60. The minimum Gasteiger partial charge on any atom is -0.384 e. The molecule has 1 aromatic carbocycles. The molecule has 0 saturated carbocycles. The van der Waals surface area contributed by atoms with Gasteiger partial charge in [-0.15, -0.1) is 0 Å². The van der Waals surface area contributed by atoms with Gasteiger partial charge in [0.05, 0.1) is 6.61 Å². The maximum Gasteiger partial charge on any atom is 0.205 e. The van der Waals surface area contributed by atoms with Crippen LogP contribution in [0.25, 0.3) is 0 Å². The number of methoxy groups -OCH3 is 1. The Hall–Kier alpha value is -1.57. The molecule has 2 heterocycles. The van der Waals surface area contributed by atoms with Gasteiger partial charge in [-0.05, 0) is 24.1 Å². The number of aromatic nitrogens is 2. The van der Waals surface area contributed by atoms with Crippen LogP contribution in [0.3, 0.4) is 0 Å². The van der Waals surface area contributed by atoms with E-state index in [0.717, 1.165) is 62.1 Å². The molecule has 2 aromatic rings. The molecule has 130 valence electrons. The van der Waals surface area contributed by atoms with E-state index in [1.165, 1.54) is 23.7 Å². The molecule has 7 heteroatoms. The van der Waals surface area contributed by atoms with Gasteiger partial charge in [0.15, 0.2) is 0 Å². The number of hydrogen-bond donors (Lipinski definition) is 0. The van der Waals surface area contributed by atoms with Gasteiger partial charge in [0, 0.05) is 57.8 Å². The highest BCUT2D eigenvalue weighted by Crippen LogP contribution is 2.20. The summed E-state index contributed by atoms with van der Waals surface area (Å²) in [5, 5.41) is 1.00. The van der Waals surface area contributed by atoms with Crippen LogP contribution in [0.15, 0.2) is 24.3 Å². The zero-order valence-electron chi connectivity index (χ0n) is 13.9. The number of nitrogens with zero attached hydrogens (tertiary/aromatic N) is 4. The predicted molar refractivity (Wildman–Crippen MR) is 94.0 cm³/mol. The molecule has 0 atom stereocenters. The van der Waals surface area contributed by atoms with Crippen molar-refractivity contribution in [2.45, 2.75) is 19.4 Å². The van der Waals surface area contributed by atoms with E-state index in [0.29, 0.717) is 6.61 Å². The molecule has 0 spiro atoms. The molecular formula is C17H23FN4OS. The lowest BCUT2D eigenvalue weighted by atomic mass is 10.2. The standard InChI is InChI=1S/C17H23FN4OS/c1-23-12-7-16-19-17(24-20-16)22-9-2-8-21(10-11-22)13-14-3-5-15(18)6-4-14/h3-6H,2,7-13H2,1H3. The van der Waals surface area contributed by atoms with Crippen molar-refractivity contribution in [3.63, 3.8) is 0 Å². The Bertz CT molecular complexity index is 634. The van der Waals surface area contributed by atoms with Gasteiger partial charge < -0.3 is 9.64 Å². The first-order valence-electron chi connectivity index (χ1n) is 8.28. The monoisotopic (exact) mass is 350 g/mol. The number of rotatable bonds is 6. The fraction of sp³-hybridized carbons (Fsp3) is 0.529. The molecule has 24 heavy (non-hydrogen) atoms. The molecule has 0 amide bonds. The Morgan fingerprint density at radius 3 is 2.79 bits per heavy atom. The van der Waals surface area contributed by atoms with E-state index in [1.807, 2.05) is 12.1 Å². The lowest BCUT2D eigenvalue weighted by Crippen LogP contribution is -2.30. The van der Waals surface area contributed by atoms with E-state index in [1.54, 1.807) is 7.11 Å². The van der Waals surface area contributed by atoms with E-state index in [-0.39, 0.29) is 5.82 Å². The molecule has 1 fully saturated rings. The van der Waals surface area contributed by atoms with E-state index < -0.39 is 0 Å². The highest BCUT2D eigenvalue weighted by Gasteiger charge is 2.18. The number of halogens is 1. The minimum atomic E-state index is -0.179. The number of benzene rings is 1. The first-order valence-corrected chi connectivity index (χ1v) is 9.05. The minimum absolute atomic E-state index is 0.179. The molecular weight excluding hydrogens is 327 g/mol. The van der Waals surface area contributed by atoms with Crippen LogP contribution in [0.5, 0.6) is 0 Å². The van der Waals surface area contributed by atoms with Crippen molar-refractivity contribution in [1.29, 1.82) is 0 Å². The molecule has 0 unspecified atom stereocenters. The number of ether oxygens (including phenoxy) is 1. The first kappa shape index (κ1) is 17.3. The maximum absolute atomic E-state index is 13.0. The van der Waals surface area contributed by atoms with Gasteiger partial charge >= 0.3 is 0 Å². The van der Waals surface area contributed by atoms with E-state index in [9.17, 15) is 4.39 Å². The molecule has 1 aromatic heterocycles. The van der Waals surface area contributed by atoms with Gasteiger partial charge in [0.25, 0.3) is 0 Å². The highest BCUT2D eigenvalue weighted by atomic mass is 32.1. The second kappa shape index (κ2) is 8.50. The van der Waals surface area contributed by atoms with Crippen LogP contribution in [0.2, 0.25) is 0 Å². The number of anilines is 1. The Kier molecular flexibility index (Phi) is 6.12. The first-order chi connectivity index (χ1) is 11.7. The van der Waals surface area contributed by atoms with E-state index >= 15 is 0 Å². The fourth-order valence-electron chi connectivity index (χ4n) is 2.84. The predicted octanol–water partition coefficient (Wildman–Crippen LogP) is 2.58. The van der Waals surface area contributed by atoms with Gasteiger partial charge in [0.2, 0.25) is 5.13 Å². The summed E-state index contributed by atoms with van der Waals surface area (Å²) in [5.41, 5.74) is 1.16. The zero-order chi connectivity index (χ0) is 16.8. The summed E-state index contributed by atoms with van der Waals surface area (Å²) in [7, 11) is 1.69. The lowest BCUT2D eigenvalue weighted by Gasteiger charge is -2.21. The second-order valence-electron chi connectivity index (χ2n) is 5.98. The van der Waals surface area contributed by atoms with Gasteiger partial charge in [-0.1, -0.05) is 12.1 Å². The van der Waals surface area contributed by atoms with Crippen LogP contribution >= 0.6 is 11.5 Å². The average molecular weight is 350 g/mol.